The fourth-order valence-corrected chi connectivity index (χ4v) is 2.42. The van der Waals surface area contributed by atoms with E-state index in [1.54, 1.807) is 0 Å². The van der Waals surface area contributed by atoms with Crippen molar-refractivity contribution in [3.63, 3.8) is 0 Å². The number of carbonyl (C=O) groups is 1. The van der Waals surface area contributed by atoms with E-state index in [-0.39, 0.29) is 11.8 Å². The van der Waals surface area contributed by atoms with Gasteiger partial charge in [0.15, 0.2) is 0 Å². The third kappa shape index (κ3) is 3.40. The molecule has 0 aliphatic carbocycles. The van der Waals surface area contributed by atoms with Gasteiger partial charge in [0.2, 0.25) is 11.0 Å². The molecule has 0 saturated carbocycles. The predicted molar refractivity (Wildman–Crippen MR) is 81.4 cm³/mol. The van der Waals surface area contributed by atoms with Gasteiger partial charge in [-0.3, -0.25) is 10.1 Å². The van der Waals surface area contributed by atoms with E-state index < -0.39 is 6.04 Å². The van der Waals surface area contributed by atoms with Crippen LogP contribution in [0.25, 0.3) is 10.6 Å². The molecule has 1 amide bonds. The van der Waals surface area contributed by atoms with Crippen molar-refractivity contribution in [2.24, 2.45) is 11.7 Å². The first-order valence-electron chi connectivity index (χ1n) is 6.57. The van der Waals surface area contributed by atoms with Crippen LogP contribution in [0, 0.1) is 5.92 Å². The van der Waals surface area contributed by atoms with Gasteiger partial charge < -0.3 is 5.73 Å². The van der Waals surface area contributed by atoms with Gasteiger partial charge in [0.05, 0.1) is 6.04 Å². The highest BCUT2D eigenvalue weighted by Crippen LogP contribution is 2.26. The lowest BCUT2D eigenvalue weighted by Crippen LogP contribution is -2.40. The maximum atomic E-state index is 12.0. The zero-order valence-electron chi connectivity index (χ0n) is 11.5. The van der Waals surface area contributed by atoms with Crippen LogP contribution in [-0.2, 0) is 4.79 Å². The topological polar surface area (TPSA) is 80.9 Å². The zero-order chi connectivity index (χ0) is 14.5. The monoisotopic (exact) mass is 290 g/mol. The number of nitrogens with two attached hydrogens (primary N) is 1. The summed E-state index contributed by atoms with van der Waals surface area (Å²) in [7, 11) is 0. The number of anilines is 1. The van der Waals surface area contributed by atoms with Crippen LogP contribution in [0.2, 0.25) is 0 Å². The maximum Gasteiger partial charge on any atom is 0.243 e. The molecule has 5 nitrogen and oxygen atoms in total. The van der Waals surface area contributed by atoms with Gasteiger partial charge in [-0.2, -0.15) is 0 Å². The Morgan fingerprint density at radius 3 is 2.70 bits per heavy atom. The van der Waals surface area contributed by atoms with Crippen molar-refractivity contribution in [3.05, 3.63) is 30.3 Å². The highest BCUT2D eigenvalue weighted by atomic mass is 32.1. The van der Waals surface area contributed by atoms with Gasteiger partial charge in [0.25, 0.3) is 0 Å². The largest absolute Gasteiger partial charge is 0.320 e. The minimum absolute atomic E-state index is 0.136. The van der Waals surface area contributed by atoms with Crippen molar-refractivity contribution in [3.8, 4) is 10.6 Å². The molecule has 1 heterocycles. The molecule has 6 heteroatoms. The van der Waals surface area contributed by atoms with Crippen molar-refractivity contribution in [2.45, 2.75) is 26.3 Å². The molecular formula is C14H18N4OS. The minimum atomic E-state index is -0.524. The SMILES string of the molecule is CCC(C)C(N)C(=O)Nc1nnc(-c2ccccc2)s1. The lowest BCUT2D eigenvalue weighted by atomic mass is 10.00. The Labute approximate surface area is 122 Å². The van der Waals surface area contributed by atoms with Crippen LogP contribution in [0.4, 0.5) is 5.13 Å². The zero-order valence-corrected chi connectivity index (χ0v) is 12.4. The van der Waals surface area contributed by atoms with Gasteiger partial charge >= 0.3 is 0 Å². The maximum absolute atomic E-state index is 12.0. The summed E-state index contributed by atoms with van der Waals surface area (Å²) in [6, 6.07) is 9.21. The molecule has 20 heavy (non-hydrogen) atoms. The van der Waals surface area contributed by atoms with E-state index in [1.165, 1.54) is 11.3 Å². The highest BCUT2D eigenvalue weighted by Gasteiger charge is 2.20. The number of nitrogens with one attached hydrogen (secondary N) is 1. The van der Waals surface area contributed by atoms with E-state index in [1.807, 2.05) is 44.2 Å². The van der Waals surface area contributed by atoms with Crippen molar-refractivity contribution in [1.82, 2.24) is 10.2 Å². The molecule has 106 valence electrons. The molecule has 2 atom stereocenters. The average Bonchev–Trinajstić information content (AvgIpc) is 2.95. The normalized spacial score (nSPS) is 13.8. The first-order valence-corrected chi connectivity index (χ1v) is 7.38. The van der Waals surface area contributed by atoms with Gasteiger partial charge in [-0.05, 0) is 5.92 Å². The summed E-state index contributed by atoms with van der Waals surface area (Å²) in [5.74, 6) is -0.0772. The number of hydrogen-bond donors (Lipinski definition) is 2. The van der Waals surface area contributed by atoms with Crippen molar-refractivity contribution >= 4 is 22.4 Å². The second kappa shape index (κ2) is 6.58. The summed E-state index contributed by atoms with van der Waals surface area (Å²) >= 11 is 1.34. The standard InChI is InChI=1S/C14H18N4OS/c1-3-9(2)11(15)12(19)16-14-18-17-13(20-14)10-7-5-4-6-8-10/h4-9,11H,3,15H2,1-2H3,(H,16,18,19). The van der Waals surface area contributed by atoms with Crippen molar-refractivity contribution in [1.29, 1.82) is 0 Å². The second-order valence-corrected chi connectivity index (χ2v) is 5.66. The Morgan fingerprint density at radius 2 is 2.05 bits per heavy atom. The molecule has 1 aromatic heterocycles. The number of amides is 1. The second-order valence-electron chi connectivity index (χ2n) is 4.68. The number of nitrogens with zero attached hydrogens (tertiary/aromatic N) is 2. The Morgan fingerprint density at radius 1 is 1.35 bits per heavy atom. The Bertz CT molecular complexity index is 570. The summed E-state index contributed by atoms with van der Waals surface area (Å²) in [6.45, 7) is 3.97. The molecule has 0 bridgehead atoms. The van der Waals surface area contributed by atoms with Crippen LogP contribution >= 0.6 is 11.3 Å². The van der Waals surface area contributed by atoms with E-state index in [9.17, 15) is 4.79 Å². The van der Waals surface area contributed by atoms with Crippen molar-refractivity contribution in [2.75, 3.05) is 5.32 Å². The number of carbonyl (C=O) groups excluding carboxylic acids is 1. The lowest BCUT2D eigenvalue weighted by molar-refractivity contribution is -0.118. The Kier molecular flexibility index (Phi) is 4.81. The van der Waals surface area contributed by atoms with E-state index in [2.05, 4.69) is 15.5 Å². The number of aromatic nitrogens is 2. The molecule has 0 fully saturated rings. The summed E-state index contributed by atoms with van der Waals surface area (Å²) < 4.78 is 0. The molecule has 0 aliphatic heterocycles. The third-order valence-electron chi connectivity index (χ3n) is 3.24. The summed E-state index contributed by atoms with van der Waals surface area (Å²) in [5, 5.41) is 12.0. The summed E-state index contributed by atoms with van der Waals surface area (Å²) in [5.41, 5.74) is 6.86. The molecule has 1 aromatic carbocycles. The van der Waals surface area contributed by atoms with E-state index in [4.69, 9.17) is 5.73 Å². The average molecular weight is 290 g/mol. The Hall–Kier alpha value is -1.79. The molecule has 0 saturated heterocycles. The molecule has 2 aromatic rings. The minimum Gasteiger partial charge on any atom is -0.320 e. The van der Waals surface area contributed by atoms with Crippen LogP contribution in [-0.4, -0.2) is 22.1 Å². The fraction of sp³-hybridized carbons (Fsp3) is 0.357. The first kappa shape index (κ1) is 14.6. The molecule has 2 unspecified atom stereocenters. The van der Waals surface area contributed by atoms with E-state index in [0.717, 1.165) is 17.0 Å². The lowest BCUT2D eigenvalue weighted by Gasteiger charge is -2.16. The number of benzene rings is 1. The fourth-order valence-electron chi connectivity index (χ4n) is 1.67. The van der Waals surface area contributed by atoms with Crippen LogP contribution < -0.4 is 11.1 Å². The van der Waals surface area contributed by atoms with Gasteiger partial charge in [-0.15, -0.1) is 10.2 Å². The van der Waals surface area contributed by atoms with Gasteiger partial charge in [0, 0.05) is 5.56 Å². The van der Waals surface area contributed by atoms with Crippen LogP contribution in [0.15, 0.2) is 30.3 Å². The molecule has 3 N–H and O–H groups in total. The quantitative estimate of drug-likeness (QED) is 0.886. The van der Waals surface area contributed by atoms with E-state index in [0.29, 0.717) is 5.13 Å². The molecule has 0 spiro atoms. The summed E-state index contributed by atoms with van der Waals surface area (Å²) in [4.78, 5) is 12.0. The first-order chi connectivity index (χ1) is 9.61. The van der Waals surface area contributed by atoms with Crippen LogP contribution in [0.1, 0.15) is 20.3 Å². The molecule has 0 radical (unpaired) electrons. The van der Waals surface area contributed by atoms with Crippen LogP contribution in [0.3, 0.4) is 0 Å². The number of hydrogen-bond acceptors (Lipinski definition) is 5. The van der Waals surface area contributed by atoms with Crippen molar-refractivity contribution < 1.29 is 4.79 Å². The number of rotatable bonds is 5. The predicted octanol–water partition coefficient (Wildman–Crippen LogP) is 2.52. The van der Waals surface area contributed by atoms with Crippen LogP contribution in [0.5, 0.6) is 0 Å². The third-order valence-corrected chi connectivity index (χ3v) is 4.12. The summed E-state index contributed by atoms with van der Waals surface area (Å²) in [6.07, 6.45) is 0.861. The van der Waals surface area contributed by atoms with Gasteiger partial charge in [-0.1, -0.05) is 61.9 Å². The molecule has 2 rings (SSSR count). The van der Waals surface area contributed by atoms with E-state index >= 15 is 0 Å². The van der Waals surface area contributed by atoms with Gasteiger partial charge in [-0.25, -0.2) is 0 Å². The Balaban J connectivity index is 2.05. The highest BCUT2D eigenvalue weighted by molar-refractivity contribution is 7.18. The smallest absolute Gasteiger partial charge is 0.243 e. The molecule has 0 aliphatic rings. The molecular weight excluding hydrogens is 272 g/mol. The van der Waals surface area contributed by atoms with Gasteiger partial charge in [0.1, 0.15) is 5.01 Å².